The first-order valence-corrected chi connectivity index (χ1v) is 10.7. The van der Waals surface area contributed by atoms with E-state index in [0.29, 0.717) is 22.4 Å². The second kappa shape index (κ2) is 8.42. The Labute approximate surface area is 186 Å². The fourth-order valence-electron chi connectivity index (χ4n) is 4.31. The third-order valence-electron chi connectivity index (χ3n) is 5.94. The average molecular weight is 456 g/mol. The molecule has 10 heteroatoms. The molecule has 1 saturated carbocycles. The summed E-state index contributed by atoms with van der Waals surface area (Å²) in [5.41, 5.74) is 0.197. The van der Waals surface area contributed by atoms with Gasteiger partial charge < -0.3 is 5.32 Å². The van der Waals surface area contributed by atoms with Gasteiger partial charge in [0.25, 0.3) is 0 Å². The highest BCUT2D eigenvalue weighted by Crippen LogP contribution is 2.39. The van der Waals surface area contributed by atoms with Crippen LogP contribution in [0.3, 0.4) is 0 Å². The van der Waals surface area contributed by atoms with Crippen molar-refractivity contribution in [3.05, 3.63) is 59.5 Å². The van der Waals surface area contributed by atoms with Crippen LogP contribution in [-0.2, 0) is 6.18 Å². The van der Waals surface area contributed by atoms with Gasteiger partial charge in [0.15, 0.2) is 17.5 Å². The molecule has 5 rings (SSSR count). The van der Waals surface area contributed by atoms with E-state index in [9.17, 15) is 17.6 Å². The summed E-state index contributed by atoms with van der Waals surface area (Å²) in [7, 11) is 0. The number of hydrogen-bond donors (Lipinski definition) is 2. The number of H-pyrrole nitrogens is 1. The zero-order chi connectivity index (χ0) is 23.0. The Balaban J connectivity index is 1.62. The topological polar surface area (TPSA) is 79.4 Å². The number of alkyl halides is 3. The minimum atomic E-state index is -4.56. The molecule has 0 unspecified atom stereocenters. The lowest BCUT2D eigenvalue weighted by Crippen LogP contribution is -2.14. The quantitative estimate of drug-likeness (QED) is 0.349. The third-order valence-corrected chi connectivity index (χ3v) is 5.94. The van der Waals surface area contributed by atoms with E-state index < -0.39 is 17.6 Å². The van der Waals surface area contributed by atoms with Crippen LogP contribution in [0.2, 0.25) is 0 Å². The van der Waals surface area contributed by atoms with Crippen molar-refractivity contribution in [3.63, 3.8) is 0 Å². The number of anilines is 2. The molecule has 1 aliphatic rings. The molecule has 1 aliphatic carbocycles. The van der Waals surface area contributed by atoms with Crippen LogP contribution in [0, 0.1) is 5.82 Å². The normalized spacial score (nSPS) is 15.2. The van der Waals surface area contributed by atoms with Gasteiger partial charge in [-0.25, -0.2) is 9.37 Å². The summed E-state index contributed by atoms with van der Waals surface area (Å²) in [4.78, 5) is 4.46. The van der Waals surface area contributed by atoms with E-state index in [1.54, 1.807) is 6.07 Å². The van der Waals surface area contributed by atoms with Gasteiger partial charge in [0, 0.05) is 16.9 Å². The molecule has 0 spiro atoms. The van der Waals surface area contributed by atoms with E-state index in [1.807, 2.05) is 0 Å². The molecule has 2 N–H and O–H groups in total. The van der Waals surface area contributed by atoms with E-state index in [4.69, 9.17) is 0 Å². The molecule has 0 saturated heterocycles. The minimum absolute atomic E-state index is 0.0788. The molecule has 0 aliphatic heterocycles. The number of nitrogens with one attached hydrogen (secondary N) is 2. The molecule has 4 aromatic rings. The van der Waals surface area contributed by atoms with Gasteiger partial charge in [-0.1, -0.05) is 37.5 Å². The number of benzene rings is 2. The molecule has 0 amide bonds. The first kappa shape index (κ1) is 21.3. The van der Waals surface area contributed by atoms with Crippen molar-refractivity contribution in [1.82, 2.24) is 25.4 Å². The fourth-order valence-corrected chi connectivity index (χ4v) is 4.31. The zero-order valence-electron chi connectivity index (χ0n) is 17.5. The monoisotopic (exact) mass is 456 g/mol. The molecule has 6 nitrogen and oxygen atoms in total. The standard InChI is InChI=1S/C23H20F4N6/c24-14-10-11-18-16(12-14)21(32-30-18)29-22-19(13-6-2-1-3-7-13)31-33-20(28-22)15-8-4-5-9-17(15)23(25,26)27/h4-5,8-13H,1-3,6-7H2,(H2,28,29,30,32,33). The van der Waals surface area contributed by atoms with E-state index in [1.165, 1.54) is 30.3 Å². The Bertz CT molecular complexity index is 1290. The predicted octanol–water partition coefficient (Wildman–Crippen LogP) is 6.36. The molecule has 2 aromatic heterocycles. The molecule has 170 valence electrons. The molecular formula is C23H20F4N6. The van der Waals surface area contributed by atoms with Crippen LogP contribution in [-0.4, -0.2) is 25.4 Å². The van der Waals surface area contributed by atoms with Crippen molar-refractivity contribution >= 4 is 22.5 Å². The summed E-state index contributed by atoms with van der Waals surface area (Å²) in [5.74, 6) is 0.102. The minimum Gasteiger partial charge on any atom is -0.321 e. The summed E-state index contributed by atoms with van der Waals surface area (Å²) in [6, 6.07) is 9.34. The molecular weight excluding hydrogens is 436 g/mol. The number of aromatic amines is 1. The number of halogens is 4. The number of aromatic nitrogens is 5. The molecule has 2 aromatic carbocycles. The molecule has 0 atom stereocenters. The van der Waals surface area contributed by atoms with Crippen molar-refractivity contribution in [3.8, 4) is 11.4 Å². The zero-order valence-corrected chi connectivity index (χ0v) is 17.5. The van der Waals surface area contributed by atoms with Crippen LogP contribution in [0.25, 0.3) is 22.3 Å². The van der Waals surface area contributed by atoms with Gasteiger partial charge in [0.2, 0.25) is 0 Å². The van der Waals surface area contributed by atoms with E-state index in [-0.39, 0.29) is 23.1 Å². The highest BCUT2D eigenvalue weighted by Gasteiger charge is 2.34. The maximum absolute atomic E-state index is 13.8. The van der Waals surface area contributed by atoms with Crippen molar-refractivity contribution < 1.29 is 17.6 Å². The smallest absolute Gasteiger partial charge is 0.321 e. The van der Waals surface area contributed by atoms with Crippen molar-refractivity contribution in [2.75, 3.05) is 5.32 Å². The highest BCUT2D eigenvalue weighted by atomic mass is 19.4. The summed E-state index contributed by atoms with van der Waals surface area (Å²) in [6.45, 7) is 0. The van der Waals surface area contributed by atoms with Crippen molar-refractivity contribution in [2.24, 2.45) is 0 Å². The number of hydrogen-bond acceptors (Lipinski definition) is 5. The Morgan fingerprint density at radius 2 is 1.73 bits per heavy atom. The van der Waals surface area contributed by atoms with Crippen molar-refractivity contribution in [1.29, 1.82) is 0 Å². The first-order valence-electron chi connectivity index (χ1n) is 10.7. The van der Waals surface area contributed by atoms with Gasteiger partial charge in [-0.3, -0.25) is 5.10 Å². The predicted molar refractivity (Wildman–Crippen MR) is 115 cm³/mol. The van der Waals surface area contributed by atoms with E-state index in [2.05, 4.69) is 30.7 Å². The van der Waals surface area contributed by atoms with Crippen LogP contribution in [0.1, 0.15) is 49.3 Å². The van der Waals surface area contributed by atoms with Crippen LogP contribution in [0.5, 0.6) is 0 Å². The number of nitrogens with zero attached hydrogens (tertiary/aromatic N) is 4. The summed E-state index contributed by atoms with van der Waals surface area (Å²) in [6.07, 6.45) is 0.396. The largest absolute Gasteiger partial charge is 0.417 e. The van der Waals surface area contributed by atoms with Gasteiger partial charge in [0.1, 0.15) is 11.5 Å². The molecule has 33 heavy (non-hydrogen) atoms. The fraction of sp³-hybridized carbons (Fsp3) is 0.304. The summed E-state index contributed by atoms with van der Waals surface area (Å²) in [5, 5.41) is 19.0. The van der Waals surface area contributed by atoms with Gasteiger partial charge in [0.05, 0.1) is 11.1 Å². The van der Waals surface area contributed by atoms with Gasteiger partial charge in [-0.05, 0) is 37.1 Å². The van der Waals surface area contributed by atoms with E-state index >= 15 is 0 Å². The third kappa shape index (κ3) is 4.24. The number of fused-ring (bicyclic) bond motifs is 1. The lowest BCUT2D eigenvalue weighted by molar-refractivity contribution is -0.137. The maximum Gasteiger partial charge on any atom is 0.417 e. The summed E-state index contributed by atoms with van der Waals surface area (Å²) < 4.78 is 54.6. The Hall–Kier alpha value is -3.56. The summed E-state index contributed by atoms with van der Waals surface area (Å²) >= 11 is 0. The molecule has 0 bridgehead atoms. The lowest BCUT2D eigenvalue weighted by atomic mass is 9.87. The van der Waals surface area contributed by atoms with Crippen LogP contribution >= 0.6 is 0 Å². The van der Waals surface area contributed by atoms with Gasteiger partial charge >= 0.3 is 6.18 Å². The van der Waals surface area contributed by atoms with Gasteiger partial charge in [-0.2, -0.15) is 18.3 Å². The van der Waals surface area contributed by atoms with Gasteiger partial charge in [-0.15, -0.1) is 10.2 Å². The van der Waals surface area contributed by atoms with Crippen LogP contribution in [0.15, 0.2) is 42.5 Å². The van der Waals surface area contributed by atoms with Crippen LogP contribution < -0.4 is 5.32 Å². The maximum atomic E-state index is 13.8. The Morgan fingerprint density at radius 1 is 0.939 bits per heavy atom. The lowest BCUT2D eigenvalue weighted by Gasteiger charge is -2.22. The Morgan fingerprint density at radius 3 is 2.52 bits per heavy atom. The highest BCUT2D eigenvalue weighted by molar-refractivity contribution is 5.91. The first-order chi connectivity index (χ1) is 15.9. The molecule has 0 radical (unpaired) electrons. The number of rotatable bonds is 4. The SMILES string of the molecule is Fc1ccc2[nH]nc(Nc3nc(-c4ccccc4C(F)(F)F)nnc3C3CCCCC3)c2c1. The molecule has 1 fully saturated rings. The molecule has 2 heterocycles. The van der Waals surface area contributed by atoms with Crippen molar-refractivity contribution in [2.45, 2.75) is 44.2 Å². The van der Waals surface area contributed by atoms with Crippen LogP contribution in [0.4, 0.5) is 29.2 Å². The van der Waals surface area contributed by atoms with E-state index in [0.717, 1.165) is 38.2 Å². The Kier molecular flexibility index (Phi) is 5.43. The second-order valence-corrected chi connectivity index (χ2v) is 8.13. The second-order valence-electron chi connectivity index (χ2n) is 8.13. The average Bonchev–Trinajstić information content (AvgIpc) is 3.21.